The van der Waals surface area contributed by atoms with Crippen molar-refractivity contribution < 1.29 is 14.3 Å². The SMILES string of the molecule is COc1cccc(C2=NN(C(=O)CN(C)C(=O)NC(C)(C)C)[C@H](c3ccccc3Cl)C2)c1. The van der Waals surface area contributed by atoms with Crippen molar-refractivity contribution in [3.05, 3.63) is 64.7 Å². The first-order chi connectivity index (χ1) is 15.1. The first-order valence-electron chi connectivity index (χ1n) is 10.4. The molecular formula is C24H29ClN4O3. The number of halogens is 1. The van der Waals surface area contributed by atoms with E-state index in [1.807, 2.05) is 63.2 Å². The summed E-state index contributed by atoms with van der Waals surface area (Å²) in [6, 6.07) is 14.3. The first-order valence-corrected chi connectivity index (χ1v) is 10.8. The minimum Gasteiger partial charge on any atom is -0.497 e. The van der Waals surface area contributed by atoms with E-state index in [4.69, 9.17) is 16.3 Å². The second-order valence-electron chi connectivity index (χ2n) is 8.79. The van der Waals surface area contributed by atoms with Crippen LogP contribution in [0.5, 0.6) is 5.75 Å². The molecule has 0 saturated heterocycles. The van der Waals surface area contributed by atoms with Crippen molar-refractivity contribution in [2.75, 3.05) is 20.7 Å². The number of ether oxygens (including phenoxy) is 1. The highest BCUT2D eigenvalue weighted by Gasteiger charge is 2.35. The van der Waals surface area contributed by atoms with Crippen LogP contribution in [0.15, 0.2) is 53.6 Å². The van der Waals surface area contributed by atoms with E-state index in [1.54, 1.807) is 20.2 Å². The summed E-state index contributed by atoms with van der Waals surface area (Å²) in [6.45, 7) is 5.55. The summed E-state index contributed by atoms with van der Waals surface area (Å²) in [6.07, 6.45) is 0.501. The highest BCUT2D eigenvalue weighted by Crippen LogP contribution is 2.36. The van der Waals surface area contributed by atoms with Gasteiger partial charge in [0.15, 0.2) is 0 Å². The van der Waals surface area contributed by atoms with E-state index in [0.29, 0.717) is 17.2 Å². The summed E-state index contributed by atoms with van der Waals surface area (Å²) in [7, 11) is 3.20. The van der Waals surface area contributed by atoms with Gasteiger partial charge in [0, 0.05) is 29.6 Å². The van der Waals surface area contributed by atoms with Crippen molar-refractivity contribution in [3.8, 4) is 5.75 Å². The third-order valence-electron chi connectivity index (χ3n) is 5.03. The van der Waals surface area contributed by atoms with Crippen molar-refractivity contribution in [2.45, 2.75) is 38.8 Å². The normalized spacial score (nSPS) is 15.9. The predicted molar refractivity (Wildman–Crippen MR) is 126 cm³/mol. The molecule has 170 valence electrons. The quantitative estimate of drug-likeness (QED) is 0.721. The molecule has 8 heteroatoms. The Kier molecular flexibility index (Phi) is 7.09. The Labute approximate surface area is 194 Å². The van der Waals surface area contributed by atoms with Crippen molar-refractivity contribution in [3.63, 3.8) is 0 Å². The van der Waals surface area contributed by atoms with Crippen molar-refractivity contribution in [1.29, 1.82) is 0 Å². The van der Waals surface area contributed by atoms with Crippen molar-refractivity contribution in [2.24, 2.45) is 5.10 Å². The second-order valence-corrected chi connectivity index (χ2v) is 9.20. The maximum Gasteiger partial charge on any atom is 0.318 e. The molecule has 0 saturated carbocycles. The number of likely N-dealkylation sites (N-methyl/N-ethyl adjacent to an activating group) is 1. The van der Waals surface area contributed by atoms with Gasteiger partial charge >= 0.3 is 6.03 Å². The zero-order valence-corrected chi connectivity index (χ0v) is 19.8. The number of carbonyl (C=O) groups is 2. The number of amides is 3. The van der Waals surface area contributed by atoms with Gasteiger partial charge in [-0.3, -0.25) is 4.79 Å². The molecule has 0 spiro atoms. The van der Waals surface area contributed by atoms with Crippen LogP contribution in [0, 0.1) is 0 Å². The molecule has 3 amide bonds. The molecule has 0 aliphatic carbocycles. The highest BCUT2D eigenvalue weighted by atomic mass is 35.5. The summed E-state index contributed by atoms with van der Waals surface area (Å²) in [5.74, 6) is 0.419. The van der Waals surface area contributed by atoms with Gasteiger partial charge < -0.3 is 15.0 Å². The van der Waals surface area contributed by atoms with Gasteiger partial charge in [-0.2, -0.15) is 5.10 Å². The zero-order valence-electron chi connectivity index (χ0n) is 19.1. The lowest BCUT2D eigenvalue weighted by Crippen LogP contribution is -2.49. The largest absolute Gasteiger partial charge is 0.497 e. The Bertz CT molecular complexity index is 1030. The summed E-state index contributed by atoms with van der Waals surface area (Å²) >= 11 is 6.46. The number of hydrogen-bond donors (Lipinski definition) is 1. The van der Waals surface area contributed by atoms with E-state index in [9.17, 15) is 9.59 Å². The lowest BCUT2D eigenvalue weighted by molar-refractivity contribution is -0.133. The van der Waals surface area contributed by atoms with E-state index in [1.165, 1.54) is 9.91 Å². The van der Waals surface area contributed by atoms with Crippen LogP contribution in [0.25, 0.3) is 0 Å². The lowest BCUT2D eigenvalue weighted by atomic mass is 9.98. The number of methoxy groups -OCH3 is 1. The summed E-state index contributed by atoms with van der Waals surface area (Å²) < 4.78 is 5.33. The van der Waals surface area contributed by atoms with Gasteiger partial charge in [-0.1, -0.05) is 41.9 Å². The predicted octanol–water partition coefficient (Wildman–Crippen LogP) is 4.47. The van der Waals surface area contributed by atoms with Crippen LogP contribution in [0.4, 0.5) is 4.79 Å². The number of hydrazone groups is 1. The molecule has 1 N–H and O–H groups in total. The van der Waals surface area contributed by atoms with Gasteiger partial charge in [0.25, 0.3) is 5.91 Å². The van der Waals surface area contributed by atoms with E-state index < -0.39 is 5.54 Å². The van der Waals surface area contributed by atoms with Gasteiger partial charge in [0.1, 0.15) is 12.3 Å². The summed E-state index contributed by atoms with van der Waals surface area (Å²) in [4.78, 5) is 27.1. The lowest BCUT2D eigenvalue weighted by Gasteiger charge is -2.28. The van der Waals surface area contributed by atoms with Gasteiger partial charge in [-0.05, 0) is 44.5 Å². The molecule has 1 heterocycles. The fourth-order valence-corrected chi connectivity index (χ4v) is 3.73. The third kappa shape index (κ3) is 5.59. The first kappa shape index (κ1) is 23.6. The molecule has 0 unspecified atom stereocenters. The highest BCUT2D eigenvalue weighted by molar-refractivity contribution is 6.31. The van der Waals surface area contributed by atoms with Crippen LogP contribution in [-0.4, -0.2) is 53.8 Å². The van der Waals surface area contributed by atoms with E-state index in [2.05, 4.69) is 10.4 Å². The average molecular weight is 457 g/mol. The van der Waals surface area contributed by atoms with Gasteiger partial charge in [-0.15, -0.1) is 0 Å². The topological polar surface area (TPSA) is 74.2 Å². The smallest absolute Gasteiger partial charge is 0.318 e. The standard InChI is InChI=1S/C24H29ClN4O3/c1-24(2,3)26-23(31)28(4)15-22(30)29-21(18-11-6-7-12-19(18)25)14-20(27-29)16-9-8-10-17(13-16)32-5/h6-13,21H,14-15H2,1-5H3,(H,26,31)/t21-/m0/s1. The monoisotopic (exact) mass is 456 g/mol. The maximum absolute atomic E-state index is 13.3. The molecule has 3 rings (SSSR count). The van der Waals surface area contributed by atoms with Crippen molar-refractivity contribution >= 4 is 29.3 Å². The molecule has 1 aliphatic rings. The molecule has 0 radical (unpaired) electrons. The van der Waals surface area contributed by atoms with E-state index in [0.717, 1.165) is 16.8 Å². The number of nitrogens with zero attached hydrogens (tertiary/aromatic N) is 3. The van der Waals surface area contributed by atoms with Crippen LogP contribution in [0.1, 0.15) is 44.4 Å². The van der Waals surface area contributed by atoms with Crippen LogP contribution in [-0.2, 0) is 4.79 Å². The molecule has 7 nitrogen and oxygen atoms in total. The fourth-order valence-electron chi connectivity index (χ4n) is 3.47. The Morgan fingerprint density at radius 2 is 1.94 bits per heavy atom. The number of rotatable bonds is 5. The van der Waals surface area contributed by atoms with Crippen LogP contribution >= 0.6 is 11.6 Å². The van der Waals surface area contributed by atoms with Gasteiger partial charge in [0.05, 0.1) is 18.9 Å². The third-order valence-corrected chi connectivity index (χ3v) is 5.38. The Morgan fingerprint density at radius 3 is 2.59 bits per heavy atom. The summed E-state index contributed by atoms with van der Waals surface area (Å²) in [5.41, 5.74) is 2.03. The number of nitrogens with one attached hydrogen (secondary N) is 1. The molecule has 0 aromatic heterocycles. The van der Waals surface area contributed by atoms with Crippen LogP contribution < -0.4 is 10.1 Å². The molecule has 2 aromatic rings. The minimum atomic E-state index is -0.403. The Balaban J connectivity index is 1.89. The Morgan fingerprint density at radius 1 is 1.22 bits per heavy atom. The van der Waals surface area contributed by atoms with Crippen LogP contribution in [0.2, 0.25) is 5.02 Å². The van der Waals surface area contributed by atoms with E-state index >= 15 is 0 Å². The molecule has 32 heavy (non-hydrogen) atoms. The molecule has 0 fully saturated rings. The zero-order chi connectivity index (χ0) is 23.5. The summed E-state index contributed by atoms with van der Waals surface area (Å²) in [5, 5.41) is 9.51. The van der Waals surface area contributed by atoms with Gasteiger partial charge in [-0.25, -0.2) is 9.80 Å². The number of benzene rings is 2. The molecular weight excluding hydrogens is 428 g/mol. The number of urea groups is 1. The molecule has 2 aromatic carbocycles. The Hall–Kier alpha value is -3.06. The molecule has 1 atom stereocenters. The van der Waals surface area contributed by atoms with Gasteiger partial charge in [0.2, 0.25) is 0 Å². The minimum absolute atomic E-state index is 0.113. The van der Waals surface area contributed by atoms with Crippen molar-refractivity contribution in [1.82, 2.24) is 15.2 Å². The second kappa shape index (κ2) is 9.61. The number of hydrogen-bond acceptors (Lipinski definition) is 4. The maximum atomic E-state index is 13.3. The average Bonchev–Trinajstić information content (AvgIpc) is 3.18. The molecule has 1 aliphatic heterocycles. The number of carbonyl (C=O) groups excluding carboxylic acids is 2. The van der Waals surface area contributed by atoms with E-state index in [-0.39, 0.29) is 24.5 Å². The molecule has 0 bridgehead atoms. The van der Waals surface area contributed by atoms with Crippen LogP contribution in [0.3, 0.4) is 0 Å². The fraction of sp³-hybridized carbons (Fsp3) is 0.375.